The smallest absolute Gasteiger partial charge is 0.256 e. The van der Waals surface area contributed by atoms with Crippen LogP contribution in [0.15, 0.2) is 47.3 Å². The summed E-state index contributed by atoms with van der Waals surface area (Å²) < 4.78 is 13.6. The number of amides is 1. The molecule has 2 heterocycles. The molecule has 0 atom stereocenters. The van der Waals surface area contributed by atoms with E-state index >= 15 is 0 Å². The second-order valence-electron chi connectivity index (χ2n) is 7.37. The molecule has 3 aromatic rings. The fourth-order valence-electron chi connectivity index (χ4n) is 3.64. The maximum atomic E-state index is 13.6. The molecule has 144 valence electrons. The molecule has 0 bridgehead atoms. The highest BCUT2D eigenvalue weighted by Gasteiger charge is 2.20. The lowest BCUT2D eigenvalue weighted by Gasteiger charge is -2.32. The van der Waals surface area contributed by atoms with Gasteiger partial charge in [-0.15, -0.1) is 0 Å². The lowest BCUT2D eigenvalue weighted by molar-refractivity contribution is 0.0664. The molecular weight excluding hydrogens is 357 g/mol. The molecule has 0 saturated carbocycles. The number of carbonyl (C=O) groups is 1. The zero-order chi connectivity index (χ0) is 19.8. The Balaban J connectivity index is 1.64. The number of carbonyl (C=O) groups excluding carboxylic acids is 1. The van der Waals surface area contributed by atoms with E-state index in [0.29, 0.717) is 22.2 Å². The first kappa shape index (κ1) is 18.4. The van der Waals surface area contributed by atoms with Crippen molar-refractivity contribution < 1.29 is 9.18 Å². The summed E-state index contributed by atoms with van der Waals surface area (Å²) in [5.74, 6) is -0.395. The maximum Gasteiger partial charge on any atom is 0.256 e. The molecule has 1 aromatic heterocycles. The van der Waals surface area contributed by atoms with Gasteiger partial charge in [0, 0.05) is 37.4 Å². The third-order valence-electron chi connectivity index (χ3n) is 5.37. The van der Waals surface area contributed by atoms with E-state index in [0.717, 1.165) is 37.1 Å². The van der Waals surface area contributed by atoms with Gasteiger partial charge in [-0.05, 0) is 60.8 Å². The Hall–Kier alpha value is -2.99. The molecule has 2 aromatic carbocycles. The van der Waals surface area contributed by atoms with Gasteiger partial charge in [0.1, 0.15) is 5.82 Å². The number of nitrogens with zero attached hydrogens (tertiary/aromatic N) is 2. The number of likely N-dealkylation sites (N-methyl/N-ethyl adjacent to an activating group) is 1. The number of hydrogen-bond donors (Lipinski definition) is 1. The van der Waals surface area contributed by atoms with Gasteiger partial charge in [-0.25, -0.2) is 4.39 Å². The number of aryl methyl sites for hydroxylation is 1. The summed E-state index contributed by atoms with van der Waals surface area (Å²) in [7, 11) is 2.05. The Morgan fingerprint density at radius 1 is 1.00 bits per heavy atom. The summed E-state index contributed by atoms with van der Waals surface area (Å²) in [6.45, 7) is 4.99. The van der Waals surface area contributed by atoms with Crippen molar-refractivity contribution in [3.8, 4) is 11.3 Å². The average molecular weight is 379 g/mol. The Morgan fingerprint density at radius 2 is 1.68 bits per heavy atom. The van der Waals surface area contributed by atoms with Crippen LogP contribution in [0, 0.1) is 12.7 Å². The van der Waals surface area contributed by atoms with E-state index < -0.39 is 5.82 Å². The number of rotatable bonds is 2. The number of nitrogens with one attached hydrogen (secondary N) is 1. The van der Waals surface area contributed by atoms with Crippen molar-refractivity contribution in [1.29, 1.82) is 0 Å². The van der Waals surface area contributed by atoms with Gasteiger partial charge in [0.2, 0.25) is 0 Å². The number of aromatic nitrogens is 1. The highest BCUT2D eigenvalue weighted by atomic mass is 19.1. The van der Waals surface area contributed by atoms with Crippen LogP contribution in [0.4, 0.5) is 4.39 Å². The quantitative estimate of drug-likeness (QED) is 0.745. The predicted octanol–water partition coefficient (Wildman–Crippen LogP) is 3.03. The van der Waals surface area contributed by atoms with Crippen LogP contribution < -0.4 is 5.56 Å². The van der Waals surface area contributed by atoms with Crippen molar-refractivity contribution in [1.82, 2.24) is 14.8 Å². The molecule has 6 heteroatoms. The highest BCUT2D eigenvalue weighted by Crippen LogP contribution is 2.24. The summed E-state index contributed by atoms with van der Waals surface area (Å²) >= 11 is 0. The van der Waals surface area contributed by atoms with Crippen LogP contribution in [-0.4, -0.2) is 53.9 Å². The molecule has 1 saturated heterocycles. The molecule has 28 heavy (non-hydrogen) atoms. The first-order chi connectivity index (χ1) is 13.4. The summed E-state index contributed by atoms with van der Waals surface area (Å²) in [4.78, 5) is 32.0. The highest BCUT2D eigenvalue weighted by molar-refractivity contribution is 5.95. The molecule has 1 aliphatic heterocycles. The van der Waals surface area contributed by atoms with Crippen LogP contribution >= 0.6 is 0 Å². The maximum absolute atomic E-state index is 13.6. The van der Waals surface area contributed by atoms with Crippen LogP contribution in [0.3, 0.4) is 0 Å². The second kappa shape index (κ2) is 7.20. The third kappa shape index (κ3) is 3.43. The predicted molar refractivity (Wildman–Crippen MR) is 108 cm³/mol. The number of benzene rings is 2. The van der Waals surface area contributed by atoms with Crippen LogP contribution in [0.1, 0.15) is 15.9 Å². The van der Waals surface area contributed by atoms with Crippen LogP contribution in [0.25, 0.3) is 22.0 Å². The zero-order valence-electron chi connectivity index (χ0n) is 16.0. The first-order valence-electron chi connectivity index (χ1n) is 9.34. The van der Waals surface area contributed by atoms with Crippen molar-refractivity contribution in [2.24, 2.45) is 0 Å². The van der Waals surface area contributed by atoms with E-state index in [1.165, 1.54) is 12.1 Å². The van der Waals surface area contributed by atoms with E-state index in [1.807, 2.05) is 23.1 Å². The summed E-state index contributed by atoms with van der Waals surface area (Å²) in [5.41, 5.74) is 2.47. The molecule has 0 spiro atoms. The van der Waals surface area contributed by atoms with Crippen molar-refractivity contribution in [3.63, 3.8) is 0 Å². The first-order valence-corrected chi connectivity index (χ1v) is 9.34. The number of fused-ring (bicyclic) bond motifs is 1. The number of halogens is 1. The number of pyridine rings is 1. The van der Waals surface area contributed by atoms with Gasteiger partial charge in [0.05, 0.1) is 5.39 Å². The minimum atomic E-state index is -0.421. The summed E-state index contributed by atoms with van der Waals surface area (Å²) in [6, 6.07) is 11.8. The van der Waals surface area contributed by atoms with Gasteiger partial charge in [0.15, 0.2) is 0 Å². The van der Waals surface area contributed by atoms with Crippen LogP contribution in [0.2, 0.25) is 0 Å². The topological polar surface area (TPSA) is 56.4 Å². The van der Waals surface area contributed by atoms with E-state index in [4.69, 9.17) is 0 Å². The molecule has 1 amide bonds. The molecule has 4 rings (SSSR count). The molecular formula is C22H22FN3O2. The Bertz CT molecular complexity index is 1100. The number of piperazine rings is 1. The largest absolute Gasteiger partial charge is 0.336 e. The number of aromatic amines is 1. The average Bonchev–Trinajstić information content (AvgIpc) is 2.69. The van der Waals surface area contributed by atoms with E-state index in [1.54, 1.807) is 19.1 Å². The van der Waals surface area contributed by atoms with Gasteiger partial charge in [0.25, 0.3) is 11.5 Å². The molecule has 1 fully saturated rings. The second-order valence-corrected chi connectivity index (χ2v) is 7.37. The molecule has 0 radical (unpaired) electrons. The Kier molecular flexibility index (Phi) is 4.73. The molecule has 0 unspecified atom stereocenters. The van der Waals surface area contributed by atoms with Gasteiger partial charge >= 0.3 is 0 Å². The van der Waals surface area contributed by atoms with E-state index in [-0.39, 0.29) is 11.5 Å². The normalized spacial score (nSPS) is 15.2. The fraction of sp³-hybridized carbons (Fsp3) is 0.273. The number of hydrogen-bond acceptors (Lipinski definition) is 3. The van der Waals surface area contributed by atoms with Gasteiger partial charge in [-0.3, -0.25) is 9.59 Å². The summed E-state index contributed by atoms with van der Waals surface area (Å²) in [5, 5.41) is 1.06. The van der Waals surface area contributed by atoms with Crippen molar-refractivity contribution >= 4 is 16.7 Å². The van der Waals surface area contributed by atoms with Gasteiger partial charge < -0.3 is 14.8 Å². The molecule has 5 nitrogen and oxygen atoms in total. The Labute approximate surface area is 162 Å². The molecule has 1 N–H and O–H groups in total. The molecule has 0 aliphatic carbocycles. The fourth-order valence-corrected chi connectivity index (χ4v) is 3.64. The standard InChI is InChI=1S/C22H22FN3O2/c1-14-11-17(23)12-19-18(14)13-20(24-21(19)27)15-3-5-16(6-4-15)22(28)26-9-7-25(2)8-10-26/h3-6,11-13H,7-10H2,1-2H3,(H,24,27). The van der Waals surface area contributed by atoms with E-state index in [2.05, 4.69) is 16.9 Å². The molecule has 1 aliphatic rings. The van der Waals surface area contributed by atoms with Crippen molar-refractivity contribution in [2.45, 2.75) is 6.92 Å². The van der Waals surface area contributed by atoms with Crippen molar-refractivity contribution in [2.75, 3.05) is 33.2 Å². The van der Waals surface area contributed by atoms with E-state index in [9.17, 15) is 14.0 Å². The lowest BCUT2D eigenvalue weighted by Crippen LogP contribution is -2.47. The third-order valence-corrected chi connectivity index (χ3v) is 5.37. The van der Waals surface area contributed by atoms with Crippen LogP contribution in [0.5, 0.6) is 0 Å². The van der Waals surface area contributed by atoms with Gasteiger partial charge in [-0.2, -0.15) is 0 Å². The summed E-state index contributed by atoms with van der Waals surface area (Å²) in [6.07, 6.45) is 0. The minimum absolute atomic E-state index is 0.0259. The lowest BCUT2D eigenvalue weighted by atomic mass is 10.0. The zero-order valence-corrected chi connectivity index (χ0v) is 16.0. The SMILES string of the molecule is Cc1cc(F)cc2c(=O)[nH]c(-c3ccc(C(=O)N4CCN(C)CC4)cc3)cc12. The minimum Gasteiger partial charge on any atom is -0.336 e. The van der Waals surface area contributed by atoms with Crippen molar-refractivity contribution in [3.05, 3.63) is 69.8 Å². The van der Waals surface area contributed by atoms with Gasteiger partial charge in [-0.1, -0.05) is 12.1 Å². The number of H-pyrrole nitrogens is 1. The van der Waals surface area contributed by atoms with Crippen LogP contribution in [-0.2, 0) is 0 Å². The monoisotopic (exact) mass is 379 g/mol. The Morgan fingerprint density at radius 3 is 2.36 bits per heavy atom.